The highest BCUT2D eigenvalue weighted by Gasteiger charge is 2.27. The highest BCUT2D eigenvalue weighted by atomic mass is 32.2. The number of amides is 1. The number of carbonyl (C=O) groups is 1. The van der Waals surface area contributed by atoms with Crippen molar-refractivity contribution in [2.75, 3.05) is 11.9 Å². The molecule has 2 aromatic rings. The number of sulfonamides is 1. The van der Waals surface area contributed by atoms with E-state index in [2.05, 4.69) is 10.0 Å². The van der Waals surface area contributed by atoms with E-state index < -0.39 is 10.0 Å². The lowest BCUT2D eigenvalue weighted by molar-refractivity contribution is -0.110. The van der Waals surface area contributed by atoms with Crippen LogP contribution in [0.5, 0.6) is 0 Å². The summed E-state index contributed by atoms with van der Waals surface area (Å²) in [5, 5.41) is 4.77. The SMILES string of the molecule is CC(C)=C1C(=O)Nc2ccc(S(=O)(=O)NCCc3sccc3C)cc21. The molecule has 1 aliphatic rings. The summed E-state index contributed by atoms with van der Waals surface area (Å²) in [4.78, 5) is 13.4. The van der Waals surface area contributed by atoms with Crippen LogP contribution in [0.15, 0.2) is 40.1 Å². The smallest absolute Gasteiger partial charge is 0.256 e. The topological polar surface area (TPSA) is 75.3 Å². The van der Waals surface area contributed by atoms with Gasteiger partial charge < -0.3 is 5.32 Å². The molecule has 0 unspecified atom stereocenters. The van der Waals surface area contributed by atoms with E-state index in [1.807, 2.05) is 32.2 Å². The first-order valence-corrected chi connectivity index (χ1v) is 10.3. The van der Waals surface area contributed by atoms with Gasteiger partial charge in [0, 0.05) is 28.2 Å². The van der Waals surface area contributed by atoms with Gasteiger partial charge in [0.05, 0.1) is 4.90 Å². The summed E-state index contributed by atoms with van der Waals surface area (Å²) in [5.41, 5.74) is 3.86. The molecular formula is C18H20N2O3S2. The second kappa shape index (κ2) is 6.74. The zero-order chi connectivity index (χ0) is 18.2. The normalized spacial score (nSPS) is 13.7. The summed E-state index contributed by atoms with van der Waals surface area (Å²) in [6.07, 6.45) is 0.660. The van der Waals surface area contributed by atoms with Gasteiger partial charge in [0.1, 0.15) is 0 Å². The quantitative estimate of drug-likeness (QED) is 0.786. The number of nitrogens with one attached hydrogen (secondary N) is 2. The predicted molar refractivity (Wildman–Crippen MR) is 101 cm³/mol. The number of anilines is 1. The molecule has 0 bridgehead atoms. The molecule has 2 N–H and O–H groups in total. The van der Waals surface area contributed by atoms with E-state index in [0.29, 0.717) is 29.8 Å². The first-order chi connectivity index (χ1) is 11.8. The summed E-state index contributed by atoms with van der Waals surface area (Å²) in [7, 11) is -3.62. The minimum absolute atomic E-state index is 0.171. The lowest BCUT2D eigenvalue weighted by Gasteiger charge is -2.09. The van der Waals surface area contributed by atoms with E-state index >= 15 is 0 Å². The number of hydrogen-bond donors (Lipinski definition) is 2. The zero-order valence-corrected chi connectivity index (χ0v) is 16.0. The Morgan fingerprint density at radius 3 is 2.64 bits per heavy atom. The fourth-order valence-electron chi connectivity index (χ4n) is 2.85. The molecule has 1 aromatic heterocycles. The maximum atomic E-state index is 12.6. The van der Waals surface area contributed by atoms with E-state index in [4.69, 9.17) is 0 Å². The summed E-state index contributed by atoms with van der Waals surface area (Å²) in [6.45, 7) is 6.04. The van der Waals surface area contributed by atoms with Gasteiger partial charge in [-0.2, -0.15) is 0 Å². The van der Waals surface area contributed by atoms with Gasteiger partial charge in [-0.25, -0.2) is 13.1 Å². The molecule has 0 radical (unpaired) electrons. The van der Waals surface area contributed by atoms with Crippen LogP contribution in [0.25, 0.3) is 5.57 Å². The zero-order valence-electron chi connectivity index (χ0n) is 14.3. The molecule has 7 heteroatoms. The van der Waals surface area contributed by atoms with E-state index in [1.165, 1.54) is 16.5 Å². The fraction of sp³-hybridized carbons (Fsp3) is 0.278. The standard InChI is InChI=1S/C18H20N2O3S2/c1-11(2)17-14-10-13(4-5-15(14)20-18(17)21)25(22,23)19-8-6-16-12(3)7-9-24-16/h4-5,7,9-10,19H,6,8H2,1-3H3,(H,20,21). The van der Waals surface area contributed by atoms with Gasteiger partial charge in [-0.3, -0.25) is 4.79 Å². The minimum atomic E-state index is -3.62. The first kappa shape index (κ1) is 17.8. The third kappa shape index (κ3) is 3.53. The second-order valence-corrected chi connectivity index (χ2v) is 8.98. The van der Waals surface area contributed by atoms with Gasteiger partial charge in [0.15, 0.2) is 0 Å². The number of hydrogen-bond acceptors (Lipinski definition) is 4. The number of benzene rings is 1. The highest BCUT2D eigenvalue weighted by molar-refractivity contribution is 7.89. The Morgan fingerprint density at radius 2 is 2.00 bits per heavy atom. The summed E-state index contributed by atoms with van der Waals surface area (Å²) < 4.78 is 27.8. The van der Waals surface area contributed by atoms with Crippen molar-refractivity contribution in [1.29, 1.82) is 0 Å². The van der Waals surface area contributed by atoms with Crippen LogP contribution in [-0.2, 0) is 21.2 Å². The Kier molecular flexibility index (Phi) is 4.81. The molecule has 0 fully saturated rings. The monoisotopic (exact) mass is 376 g/mol. The summed E-state index contributed by atoms with van der Waals surface area (Å²) >= 11 is 1.63. The highest BCUT2D eigenvalue weighted by Crippen LogP contribution is 2.35. The van der Waals surface area contributed by atoms with Crippen molar-refractivity contribution < 1.29 is 13.2 Å². The van der Waals surface area contributed by atoms with Crippen molar-refractivity contribution in [1.82, 2.24) is 4.72 Å². The molecule has 0 saturated carbocycles. The molecular weight excluding hydrogens is 356 g/mol. The third-order valence-corrected chi connectivity index (χ3v) is 6.70. The number of thiophene rings is 1. The number of allylic oxidation sites excluding steroid dienone is 1. The largest absolute Gasteiger partial charge is 0.321 e. The van der Waals surface area contributed by atoms with E-state index in [1.54, 1.807) is 23.5 Å². The average Bonchev–Trinajstić information content (AvgIpc) is 3.08. The van der Waals surface area contributed by atoms with E-state index in [0.717, 1.165) is 5.57 Å². The van der Waals surface area contributed by atoms with Crippen LogP contribution in [0, 0.1) is 6.92 Å². The molecule has 0 spiro atoms. The molecule has 0 saturated heterocycles. The number of fused-ring (bicyclic) bond motifs is 1. The van der Waals surface area contributed by atoms with Crippen LogP contribution in [0.4, 0.5) is 5.69 Å². The molecule has 1 aromatic carbocycles. The molecule has 1 aliphatic heterocycles. The molecule has 0 atom stereocenters. The lowest BCUT2D eigenvalue weighted by atomic mass is 10.0. The second-order valence-electron chi connectivity index (χ2n) is 6.21. The number of carbonyl (C=O) groups excluding carboxylic acids is 1. The summed E-state index contributed by atoms with van der Waals surface area (Å²) in [6, 6.07) is 6.75. The maximum absolute atomic E-state index is 12.6. The maximum Gasteiger partial charge on any atom is 0.256 e. The Balaban J connectivity index is 1.81. The summed E-state index contributed by atoms with van der Waals surface area (Å²) in [5.74, 6) is -0.189. The van der Waals surface area contributed by atoms with Gasteiger partial charge in [0.25, 0.3) is 5.91 Å². The van der Waals surface area contributed by atoms with Crippen molar-refractivity contribution in [2.24, 2.45) is 0 Å². The Bertz CT molecular complexity index is 968. The van der Waals surface area contributed by atoms with Gasteiger partial charge in [0.2, 0.25) is 10.0 Å². The van der Waals surface area contributed by atoms with Crippen LogP contribution >= 0.6 is 11.3 Å². The van der Waals surface area contributed by atoms with Crippen molar-refractivity contribution in [3.05, 3.63) is 51.2 Å². The van der Waals surface area contributed by atoms with Crippen molar-refractivity contribution in [3.8, 4) is 0 Å². The van der Waals surface area contributed by atoms with Crippen LogP contribution in [0.2, 0.25) is 0 Å². The average molecular weight is 377 g/mol. The molecule has 1 amide bonds. The van der Waals surface area contributed by atoms with Crippen LogP contribution in [0.1, 0.15) is 29.9 Å². The molecule has 132 valence electrons. The first-order valence-electron chi connectivity index (χ1n) is 7.95. The Hall–Kier alpha value is -1.96. The number of aryl methyl sites for hydroxylation is 1. The van der Waals surface area contributed by atoms with Gasteiger partial charge in [-0.1, -0.05) is 5.57 Å². The lowest BCUT2D eigenvalue weighted by Crippen LogP contribution is -2.26. The Morgan fingerprint density at radius 1 is 1.24 bits per heavy atom. The molecule has 0 aliphatic carbocycles. The van der Waals surface area contributed by atoms with E-state index in [-0.39, 0.29) is 10.8 Å². The number of rotatable bonds is 5. The Labute approximate surface area is 151 Å². The minimum Gasteiger partial charge on any atom is -0.321 e. The van der Waals surface area contributed by atoms with Gasteiger partial charge in [-0.05, 0) is 62.4 Å². The van der Waals surface area contributed by atoms with Crippen LogP contribution in [0.3, 0.4) is 0 Å². The van der Waals surface area contributed by atoms with Crippen LogP contribution in [-0.4, -0.2) is 20.9 Å². The third-order valence-electron chi connectivity index (χ3n) is 4.16. The fourth-order valence-corrected chi connectivity index (χ4v) is 4.82. The van der Waals surface area contributed by atoms with Gasteiger partial charge in [-0.15, -0.1) is 11.3 Å². The van der Waals surface area contributed by atoms with E-state index in [9.17, 15) is 13.2 Å². The molecule has 3 rings (SSSR count). The molecule has 5 nitrogen and oxygen atoms in total. The van der Waals surface area contributed by atoms with Crippen LogP contribution < -0.4 is 10.0 Å². The van der Waals surface area contributed by atoms with Crippen molar-refractivity contribution in [2.45, 2.75) is 32.1 Å². The molecule has 2 heterocycles. The van der Waals surface area contributed by atoms with Gasteiger partial charge >= 0.3 is 0 Å². The molecule has 25 heavy (non-hydrogen) atoms. The van der Waals surface area contributed by atoms with Crippen molar-refractivity contribution in [3.63, 3.8) is 0 Å². The van der Waals surface area contributed by atoms with Crippen molar-refractivity contribution >= 4 is 38.5 Å². The predicted octanol–water partition coefficient (Wildman–Crippen LogP) is 3.32.